The van der Waals surface area contributed by atoms with E-state index >= 15 is 0 Å². The Hall–Kier alpha value is -0.900. The van der Waals surface area contributed by atoms with Crippen LogP contribution in [0, 0.1) is 12.8 Å². The second kappa shape index (κ2) is 7.77. The molecule has 0 saturated carbocycles. The van der Waals surface area contributed by atoms with E-state index < -0.39 is 0 Å². The van der Waals surface area contributed by atoms with E-state index in [1.807, 2.05) is 18.2 Å². The van der Waals surface area contributed by atoms with Gasteiger partial charge in [-0.25, -0.2) is 0 Å². The third kappa shape index (κ3) is 4.30. The van der Waals surface area contributed by atoms with Crippen LogP contribution in [0.1, 0.15) is 42.9 Å². The summed E-state index contributed by atoms with van der Waals surface area (Å²) in [6.07, 6.45) is 3.78. The van der Waals surface area contributed by atoms with E-state index in [-0.39, 0.29) is 6.10 Å². The molecule has 0 bridgehead atoms. The molecule has 0 aromatic heterocycles. The van der Waals surface area contributed by atoms with Gasteiger partial charge in [-0.3, -0.25) is 0 Å². The Morgan fingerprint density at radius 2 is 2.15 bits per heavy atom. The average molecular weight is 277 g/mol. The van der Waals surface area contributed by atoms with Crippen LogP contribution in [0.5, 0.6) is 0 Å². The lowest BCUT2D eigenvalue weighted by molar-refractivity contribution is 0.110. The summed E-state index contributed by atoms with van der Waals surface area (Å²) in [5.74, 6) is 0.629. The van der Waals surface area contributed by atoms with Gasteiger partial charge in [0, 0.05) is 19.7 Å². The number of hydrogen-bond donors (Lipinski definition) is 2. The van der Waals surface area contributed by atoms with Gasteiger partial charge in [-0.1, -0.05) is 24.3 Å². The van der Waals surface area contributed by atoms with E-state index in [1.165, 1.54) is 12.8 Å². The molecule has 20 heavy (non-hydrogen) atoms. The van der Waals surface area contributed by atoms with Crippen LogP contribution in [0.15, 0.2) is 24.3 Å². The Bertz CT molecular complexity index is 406. The molecular formula is C17H27NO2. The molecule has 2 rings (SSSR count). The molecule has 0 amide bonds. The first kappa shape index (κ1) is 15.5. The molecule has 0 spiro atoms. The molecule has 0 aliphatic carbocycles. The SMILES string of the molecule is Cc1ccccc1C(O)CCN1CCCC(CCO)C1. The predicted molar refractivity (Wildman–Crippen MR) is 81.6 cm³/mol. The average Bonchev–Trinajstić information content (AvgIpc) is 2.46. The smallest absolute Gasteiger partial charge is 0.0804 e. The zero-order valence-corrected chi connectivity index (χ0v) is 12.5. The first-order valence-corrected chi connectivity index (χ1v) is 7.77. The van der Waals surface area contributed by atoms with Crippen LogP contribution in [0.2, 0.25) is 0 Å². The van der Waals surface area contributed by atoms with Crippen molar-refractivity contribution in [2.45, 2.75) is 38.7 Å². The fourth-order valence-electron chi connectivity index (χ4n) is 3.19. The highest BCUT2D eigenvalue weighted by atomic mass is 16.3. The molecule has 1 heterocycles. The first-order valence-electron chi connectivity index (χ1n) is 7.77. The molecule has 1 fully saturated rings. The monoisotopic (exact) mass is 277 g/mol. The maximum absolute atomic E-state index is 10.3. The molecule has 2 N–H and O–H groups in total. The van der Waals surface area contributed by atoms with Crippen LogP contribution >= 0.6 is 0 Å². The van der Waals surface area contributed by atoms with Crippen LogP contribution in [0.3, 0.4) is 0 Å². The fourth-order valence-corrected chi connectivity index (χ4v) is 3.19. The number of piperidine rings is 1. The van der Waals surface area contributed by atoms with Crippen molar-refractivity contribution in [3.05, 3.63) is 35.4 Å². The quantitative estimate of drug-likeness (QED) is 0.839. The van der Waals surface area contributed by atoms with Crippen molar-refractivity contribution in [3.8, 4) is 0 Å². The van der Waals surface area contributed by atoms with Gasteiger partial charge in [0.1, 0.15) is 0 Å². The summed E-state index contributed by atoms with van der Waals surface area (Å²) in [4.78, 5) is 2.44. The van der Waals surface area contributed by atoms with Crippen molar-refractivity contribution in [2.24, 2.45) is 5.92 Å². The van der Waals surface area contributed by atoms with Gasteiger partial charge >= 0.3 is 0 Å². The Morgan fingerprint density at radius 3 is 2.90 bits per heavy atom. The van der Waals surface area contributed by atoms with Gasteiger partial charge in [0.05, 0.1) is 6.10 Å². The number of aryl methyl sites for hydroxylation is 1. The number of nitrogens with zero attached hydrogens (tertiary/aromatic N) is 1. The number of likely N-dealkylation sites (tertiary alicyclic amines) is 1. The van der Waals surface area contributed by atoms with Gasteiger partial charge in [0.15, 0.2) is 0 Å². The Kier molecular flexibility index (Phi) is 6.02. The highest BCUT2D eigenvalue weighted by Crippen LogP contribution is 2.23. The summed E-state index contributed by atoms with van der Waals surface area (Å²) in [7, 11) is 0. The Labute approximate surface area is 122 Å². The first-order chi connectivity index (χ1) is 9.70. The molecule has 3 heteroatoms. The standard InChI is InChI=1S/C17H27NO2/c1-14-5-2-3-7-16(14)17(20)8-11-18-10-4-6-15(13-18)9-12-19/h2-3,5,7,15,17,19-20H,4,6,8-13H2,1H3. The number of hydrogen-bond acceptors (Lipinski definition) is 3. The topological polar surface area (TPSA) is 43.7 Å². The second-order valence-corrected chi connectivity index (χ2v) is 5.98. The van der Waals surface area contributed by atoms with E-state index in [2.05, 4.69) is 17.9 Å². The van der Waals surface area contributed by atoms with Crippen molar-refractivity contribution in [1.29, 1.82) is 0 Å². The number of benzene rings is 1. The minimum atomic E-state index is -0.366. The molecule has 1 saturated heterocycles. The summed E-state index contributed by atoms with van der Waals surface area (Å²) in [6, 6.07) is 8.07. The van der Waals surface area contributed by atoms with Crippen LogP contribution < -0.4 is 0 Å². The summed E-state index contributed by atoms with van der Waals surface area (Å²) in [5, 5.41) is 19.4. The molecule has 112 valence electrons. The molecule has 1 aromatic rings. The minimum Gasteiger partial charge on any atom is -0.396 e. The zero-order chi connectivity index (χ0) is 14.4. The molecule has 2 unspecified atom stereocenters. The summed E-state index contributed by atoms with van der Waals surface area (Å²) in [6.45, 7) is 5.49. The molecule has 2 atom stereocenters. The maximum Gasteiger partial charge on any atom is 0.0804 e. The van der Waals surface area contributed by atoms with E-state index in [0.717, 1.165) is 43.6 Å². The maximum atomic E-state index is 10.3. The van der Waals surface area contributed by atoms with Gasteiger partial charge in [-0.05, 0) is 56.2 Å². The van der Waals surface area contributed by atoms with Crippen LogP contribution in [0.4, 0.5) is 0 Å². The highest BCUT2D eigenvalue weighted by molar-refractivity contribution is 5.27. The van der Waals surface area contributed by atoms with E-state index in [9.17, 15) is 5.11 Å². The van der Waals surface area contributed by atoms with Gasteiger partial charge in [0.2, 0.25) is 0 Å². The van der Waals surface area contributed by atoms with Crippen molar-refractivity contribution < 1.29 is 10.2 Å². The number of aliphatic hydroxyl groups is 2. The number of aliphatic hydroxyl groups excluding tert-OH is 2. The highest BCUT2D eigenvalue weighted by Gasteiger charge is 2.20. The summed E-state index contributed by atoms with van der Waals surface area (Å²) < 4.78 is 0. The van der Waals surface area contributed by atoms with Gasteiger partial charge in [-0.2, -0.15) is 0 Å². The zero-order valence-electron chi connectivity index (χ0n) is 12.5. The number of rotatable bonds is 6. The lowest BCUT2D eigenvalue weighted by Crippen LogP contribution is -2.36. The molecule has 1 aliphatic heterocycles. The van der Waals surface area contributed by atoms with Crippen molar-refractivity contribution in [1.82, 2.24) is 4.90 Å². The molecule has 0 radical (unpaired) electrons. The fraction of sp³-hybridized carbons (Fsp3) is 0.647. The van der Waals surface area contributed by atoms with Crippen LogP contribution in [-0.4, -0.2) is 41.4 Å². The lowest BCUT2D eigenvalue weighted by Gasteiger charge is -2.33. The van der Waals surface area contributed by atoms with Crippen molar-refractivity contribution in [3.63, 3.8) is 0 Å². The predicted octanol–water partition coefficient (Wildman–Crippen LogP) is 2.51. The summed E-state index contributed by atoms with van der Waals surface area (Å²) >= 11 is 0. The Morgan fingerprint density at radius 1 is 1.35 bits per heavy atom. The van der Waals surface area contributed by atoms with Crippen LogP contribution in [-0.2, 0) is 0 Å². The molecule has 1 aromatic carbocycles. The molecule has 3 nitrogen and oxygen atoms in total. The van der Waals surface area contributed by atoms with E-state index in [0.29, 0.717) is 12.5 Å². The minimum absolute atomic E-state index is 0.296. The molecular weight excluding hydrogens is 250 g/mol. The second-order valence-electron chi connectivity index (χ2n) is 5.98. The largest absolute Gasteiger partial charge is 0.396 e. The van der Waals surface area contributed by atoms with E-state index in [4.69, 9.17) is 5.11 Å². The third-order valence-electron chi connectivity index (χ3n) is 4.41. The molecule has 1 aliphatic rings. The van der Waals surface area contributed by atoms with Crippen LogP contribution in [0.25, 0.3) is 0 Å². The lowest BCUT2D eigenvalue weighted by atomic mass is 9.94. The van der Waals surface area contributed by atoms with Gasteiger partial charge in [0.25, 0.3) is 0 Å². The van der Waals surface area contributed by atoms with Gasteiger partial charge < -0.3 is 15.1 Å². The van der Waals surface area contributed by atoms with Crippen molar-refractivity contribution in [2.75, 3.05) is 26.2 Å². The third-order valence-corrected chi connectivity index (χ3v) is 4.41. The van der Waals surface area contributed by atoms with Gasteiger partial charge in [-0.15, -0.1) is 0 Å². The van der Waals surface area contributed by atoms with E-state index in [1.54, 1.807) is 0 Å². The Balaban J connectivity index is 1.81. The normalized spacial score (nSPS) is 21.9. The van der Waals surface area contributed by atoms with Crippen molar-refractivity contribution >= 4 is 0 Å². The summed E-state index contributed by atoms with van der Waals surface area (Å²) in [5.41, 5.74) is 2.22.